The Morgan fingerprint density at radius 2 is 1.74 bits per heavy atom. The van der Waals surface area contributed by atoms with Crippen molar-refractivity contribution in [2.45, 2.75) is 6.61 Å². The first-order valence-corrected chi connectivity index (χ1v) is 6.69. The lowest BCUT2D eigenvalue weighted by atomic mass is 10.2. The van der Waals surface area contributed by atoms with E-state index < -0.39 is 0 Å². The molecule has 0 aliphatic carbocycles. The van der Waals surface area contributed by atoms with Crippen molar-refractivity contribution < 1.29 is 4.74 Å². The molecule has 2 rings (SSSR count). The standard InChI is InChI=1S/C14H11Cl2NOS/c15-12-6-1-9(7-13(12)16)8-18-11-4-2-10(3-5-11)14(17)19/h1-7H,8H2,(H2,17,19). The highest BCUT2D eigenvalue weighted by molar-refractivity contribution is 7.80. The van der Waals surface area contributed by atoms with Crippen molar-refractivity contribution in [1.82, 2.24) is 0 Å². The number of rotatable bonds is 4. The minimum absolute atomic E-state index is 0.371. The largest absolute Gasteiger partial charge is 0.489 e. The molecule has 0 spiro atoms. The number of nitrogens with two attached hydrogens (primary N) is 1. The molecule has 0 radical (unpaired) electrons. The average Bonchev–Trinajstić information content (AvgIpc) is 2.40. The van der Waals surface area contributed by atoms with Crippen LogP contribution in [-0.4, -0.2) is 4.99 Å². The van der Waals surface area contributed by atoms with Crippen molar-refractivity contribution in [1.29, 1.82) is 0 Å². The minimum atomic E-state index is 0.371. The molecule has 0 bridgehead atoms. The van der Waals surface area contributed by atoms with Crippen molar-refractivity contribution in [3.05, 3.63) is 63.6 Å². The topological polar surface area (TPSA) is 35.2 Å². The molecule has 0 aromatic heterocycles. The second-order valence-corrected chi connectivity index (χ2v) is 5.18. The third-order valence-corrected chi connectivity index (χ3v) is 3.50. The third kappa shape index (κ3) is 3.83. The summed E-state index contributed by atoms with van der Waals surface area (Å²) < 4.78 is 5.64. The van der Waals surface area contributed by atoms with Gasteiger partial charge in [0.2, 0.25) is 0 Å². The van der Waals surface area contributed by atoms with E-state index in [9.17, 15) is 0 Å². The zero-order chi connectivity index (χ0) is 13.8. The lowest BCUT2D eigenvalue weighted by Crippen LogP contribution is -2.08. The maximum Gasteiger partial charge on any atom is 0.119 e. The lowest BCUT2D eigenvalue weighted by molar-refractivity contribution is 0.306. The minimum Gasteiger partial charge on any atom is -0.489 e. The molecule has 2 aromatic carbocycles. The molecule has 0 saturated heterocycles. The van der Waals surface area contributed by atoms with E-state index in [4.69, 9.17) is 45.9 Å². The second-order valence-electron chi connectivity index (χ2n) is 3.93. The predicted molar refractivity (Wildman–Crippen MR) is 83.1 cm³/mol. The maximum absolute atomic E-state index is 5.94. The summed E-state index contributed by atoms with van der Waals surface area (Å²) in [7, 11) is 0. The van der Waals surface area contributed by atoms with E-state index >= 15 is 0 Å². The van der Waals surface area contributed by atoms with Crippen molar-refractivity contribution in [3.63, 3.8) is 0 Å². The van der Waals surface area contributed by atoms with Gasteiger partial charge < -0.3 is 10.5 Å². The molecule has 2 nitrogen and oxygen atoms in total. The molecular weight excluding hydrogens is 301 g/mol. The molecule has 98 valence electrons. The van der Waals surface area contributed by atoms with Crippen LogP contribution < -0.4 is 10.5 Å². The van der Waals surface area contributed by atoms with E-state index in [1.807, 2.05) is 30.3 Å². The van der Waals surface area contributed by atoms with E-state index in [1.165, 1.54) is 0 Å². The average molecular weight is 312 g/mol. The number of hydrogen-bond acceptors (Lipinski definition) is 2. The van der Waals surface area contributed by atoms with Crippen molar-refractivity contribution >= 4 is 40.4 Å². The Morgan fingerprint density at radius 3 is 2.32 bits per heavy atom. The molecule has 0 fully saturated rings. The lowest BCUT2D eigenvalue weighted by Gasteiger charge is -2.08. The molecule has 0 aliphatic heterocycles. The Hall–Kier alpha value is -1.29. The van der Waals surface area contributed by atoms with Crippen LogP contribution in [0.3, 0.4) is 0 Å². The normalized spacial score (nSPS) is 10.2. The fraction of sp³-hybridized carbons (Fsp3) is 0.0714. The fourth-order valence-corrected chi connectivity index (χ4v) is 1.97. The molecule has 0 unspecified atom stereocenters. The van der Waals surface area contributed by atoms with Crippen LogP contribution in [0.5, 0.6) is 5.75 Å². The Morgan fingerprint density at radius 1 is 1.05 bits per heavy atom. The zero-order valence-electron chi connectivity index (χ0n) is 9.90. The van der Waals surface area contributed by atoms with Gasteiger partial charge in [-0.3, -0.25) is 0 Å². The van der Waals surface area contributed by atoms with E-state index in [-0.39, 0.29) is 0 Å². The maximum atomic E-state index is 5.94. The van der Waals surface area contributed by atoms with Crippen LogP contribution in [-0.2, 0) is 6.61 Å². The van der Waals surface area contributed by atoms with Gasteiger partial charge in [-0.1, -0.05) is 41.5 Å². The van der Waals surface area contributed by atoms with Gasteiger partial charge in [0.25, 0.3) is 0 Å². The van der Waals surface area contributed by atoms with E-state index in [0.29, 0.717) is 21.6 Å². The van der Waals surface area contributed by atoms with Gasteiger partial charge in [0.15, 0.2) is 0 Å². The monoisotopic (exact) mass is 311 g/mol. The molecular formula is C14H11Cl2NOS. The van der Waals surface area contributed by atoms with Gasteiger partial charge in [-0.25, -0.2) is 0 Å². The first kappa shape index (κ1) is 14.1. The van der Waals surface area contributed by atoms with E-state index in [1.54, 1.807) is 12.1 Å². The summed E-state index contributed by atoms with van der Waals surface area (Å²) in [6.07, 6.45) is 0. The van der Waals surface area contributed by atoms with Crippen molar-refractivity contribution in [2.75, 3.05) is 0 Å². The first-order valence-electron chi connectivity index (χ1n) is 5.53. The predicted octanol–water partition coefficient (Wildman–Crippen LogP) is 4.21. The van der Waals surface area contributed by atoms with Crippen LogP contribution in [0.2, 0.25) is 10.0 Å². The molecule has 0 atom stereocenters. The Labute approximate surface area is 127 Å². The fourth-order valence-electron chi connectivity index (χ4n) is 1.51. The third-order valence-electron chi connectivity index (χ3n) is 2.53. The highest BCUT2D eigenvalue weighted by atomic mass is 35.5. The molecule has 2 N–H and O–H groups in total. The molecule has 0 saturated carbocycles. The molecule has 19 heavy (non-hydrogen) atoms. The van der Waals surface area contributed by atoms with Gasteiger partial charge in [0.1, 0.15) is 17.3 Å². The quantitative estimate of drug-likeness (QED) is 0.859. The van der Waals surface area contributed by atoms with Crippen LogP contribution in [0, 0.1) is 0 Å². The smallest absolute Gasteiger partial charge is 0.119 e. The van der Waals surface area contributed by atoms with Gasteiger partial charge in [-0.05, 0) is 42.0 Å². The highest BCUT2D eigenvalue weighted by Gasteiger charge is 2.01. The summed E-state index contributed by atoms with van der Waals surface area (Å²) in [6.45, 7) is 0.420. The zero-order valence-corrected chi connectivity index (χ0v) is 12.2. The molecule has 0 heterocycles. The molecule has 5 heteroatoms. The number of hydrogen-bond donors (Lipinski definition) is 1. The Bertz CT molecular complexity index is 599. The van der Waals surface area contributed by atoms with Crippen LogP contribution in [0.4, 0.5) is 0 Å². The summed E-state index contributed by atoms with van der Waals surface area (Å²) in [6, 6.07) is 12.7. The summed E-state index contributed by atoms with van der Waals surface area (Å²) in [5.74, 6) is 0.742. The highest BCUT2D eigenvalue weighted by Crippen LogP contribution is 2.23. The SMILES string of the molecule is NC(=S)c1ccc(OCc2ccc(Cl)c(Cl)c2)cc1. The van der Waals surface area contributed by atoms with Gasteiger partial charge in [0.05, 0.1) is 10.0 Å². The van der Waals surface area contributed by atoms with Gasteiger partial charge in [-0.15, -0.1) is 0 Å². The van der Waals surface area contributed by atoms with Gasteiger partial charge in [0, 0.05) is 5.56 Å². The van der Waals surface area contributed by atoms with E-state index in [0.717, 1.165) is 16.9 Å². The number of ether oxygens (including phenoxy) is 1. The summed E-state index contributed by atoms with van der Waals surface area (Å²) in [5.41, 5.74) is 7.29. The van der Waals surface area contributed by atoms with Crippen molar-refractivity contribution in [3.8, 4) is 5.75 Å². The molecule has 0 aliphatic rings. The van der Waals surface area contributed by atoms with Crippen molar-refractivity contribution in [2.24, 2.45) is 5.73 Å². The molecule has 0 amide bonds. The number of benzene rings is 2. The van der Waals surface area contributed by atoms with Gasteiger partial charge >= 0.3 is 0 Å². The first-order chi connectivity index (χ1) is 9.06. The number of halogens is 2. The number of thiocarbonyl (C=S) groups is 1. The van der Waals surface area contributed by atoms with Crippen LogP contribution in [0.25, 0.3) is 0 Å². The van der Waals surface area contributed by atoms with Crippen LogP contribution in [0.1, 0.15) is 11.1 Å². The Kier molecular flexibility index (Phi) is 4.64. The Balaban J connectivity index is 2.01. The van der Waals surface area contributed by atoms with Crippen LogP contribution in [0.15, 0.2) is 42.5 Å². The second kappa shape index (κ2) is 6.24. The summed E-state index contributed by atoms with van der Waals surface area (Å²) in [5, 5.41) is 1.05. The summed E-state index contributed by atoms with van der Waals surface area (Å²) in [4.78, 5) is 0.371. The molecule has 2 aromatic rings. The van der Waals surface area contributed by atoms with E-state index in [2.05, 4.69) is 0 Å². The van der Waals surface area contributed by atoms with Gasteiger partial charge in [-0.2, -0.15) is 0 Å². The summed E-state index contributed by atoms with van der Waals surface area (Å²) >= 11 is 16.7. The van der Waals surface area contributed by atoms with Crippen LogP contribution >= 0.6 is 35.4 Å².